The molecule has 0 unspecified atom stereocenters. The van der Waals surface area contributed by atoms with Crippen LogP contribution in [0.15, 0.2) is 0 Å². The van der Waals surface area contributed by atoms with Crippen LogP contribution in [0, 0.1) is 46.3 Å². The average molecular weight is 677 g/mol. The predicted octanol–water partition coefficient (Wildman–Crippen LogP) is 5.77. The fraction of sp³-hybridized carbons (Fsp3) is 0.949. The van der Waals surface area contributed by atoms with E-state index in [0.717, 1.165) is 90.5 Å². The molecule has 0 saturated heterocycles. The number of alkyl carbamates (subject to hydrolysis) is 1. The van der Waals surface area contributed by atoms with Crippen LogP contribution >= 0.6 is 0 Å². The molecule has 4 aliphatic carbocycles. The molecule has 0 aromatic heterocycles. The normalized spacial score (nSPS) is 35.2. The van der Waals surface area contributed by atoms with Gasteiger partial charge in [-0.15, -0.1) is 0 Å². The Morgan fingerprint density at radius 2 is 1.40 bits per heavy atom. The number of hydrogen-bond donors (Lipinski definition) is 6. The van der Waals surface area contributed by atoms with E-state index in [0.29, 0.717) is 48.5 Å². The number of carbonyl (C=O) groups excluding carboxylic acids is 2. The summed E-state index contributed by atoms with van der Waals surface area (Å²) in [6.45, 7) is 18.0. The smallest absolute Gasteiger partial charge is 0.407 e. The number of nitrogens with one attached hydrogen (secondary N) is 4. The van der Waals surface area contributed by atoms with Crippen LogP contribution in [0.4, 0.5) is 4.79 Å². The van der Waals surface area contributed by atoms with Crippen LogP contribution in [0.1, 0.15) is 131 Å². The summed E-state index contributed by atoms with van der Waals surface area (Å²) in [5, 5.41) is 34.7. The quantitative estimate of drug-likeness (QED) is 0.108. The van der Waals surface area contributed by atoms with Gasteiger partial charge in [-0.05, 0) is 177 Å². The number of aliphatic hydroxyl groups is 2. The first-order valence-electron chi connectivity index (χ1n) is 19.8. The Labute approximate surface area is 292 Å². The Morgan fingerprint density at radius 3 is 2.06 bits per heavy atom. The minimum Gasteiger partial charge on any atom is -0.444 e. The maximum Gasteiger partial charge on any atom is 0.407 e. The molecule has 0 aromatic carbocycles. The summed E-state index contributed by atoms with van der Waals surface area (Å²) in [5.41, 5.74) is 0.0676. The molecule has 48 heavy (non-hydrogen) atoms. The first kappa shape index (κ1) is 39.4. The van der Waals surface area contributed by atoms with Gasteiger partial charge in [-0.1, -0.05) is 20.8 Å². The molecule has 10 atom stereocenters. The molecule has 2 amide bonds. The zero-order chi connectivity index (χ0) is 35.0. The number of hydrogen-bond acceptors (Lipinski definition) is 7. The van der Waals surface area contributed by atoms with Crippen LogP contribution in [0.25, 0.3) is 0 Å². The molecule has 4 aliphatic rings. The van der Waals surface area contributed by atoms with E-state index in [1.54, 1.807) is 0 Å². The third-order valence-corrected chi connectivity index (χ3v) is 13.3. The summed E-state index contributed by atoms with van der Waals surface area (Å²) in [6.07, 6.45) is 13.5. The van der Waals surface area contributed by atoms with E-state index in [1.807, 2.05) is 20.8 Å². The van der Waals surface area contributed by atoms with Crippen molar-refractivity contribution in [2.45, 2.75) is 149 Å². The predicted molar refractivity (Wildman–Crippen MR) is 192 cm³/mol. The van der Waals surface area contributed by atoms with Gasteiger partial charge in [0.05, 0.1) is 12.2 Å². The Bertz CT molecular complexity index is 1020. The zero-order valence-electron chi connectivity index (χ0n) is 31.4. The molecule has 9 heteroatoms. The molecule has 4 rings (SSSR count). The molecular weight excluding hydrogens is 604 g/mol. The lowest BCUT2D eigenvalue weighted by Crippen LogP contribution is -2.58. The van der Waals surface area contributed by atoms with Crippen molar-refractivity contribution in [2.24, 2.45) is 46.3 Å². The van der Waals surface area contributed by atoms with Crippen LogP contribution in [-0.4, -0.2) is 79.3 Å². The van der Waals surface area contributed by atoms with E-state index < -0.39 is 5.60 Å². The fourth-order valence-electron chi connectivity index (χ4n) is 10.7. The lowest BCUT2D eigenvalue weighted by molar-refractivity contribution is -0.174. The molecule has 4 fully saturated rings. The molecule has 6 N–H and O–H groups in total. The molecule has 4 saturated carbocycles. The van der Waals surface area contributed by atoms with Crippen molar-refractivity contribution in [3.05, 3.63) is 0 Å². The minimum absolute atomic E-state index is 0.179. The van der Waals surface area contributed by atoms with Gasteiger partial charge in [-0.3, -0.25) is 4.79 Å². The van der Waals surface area contributed by atoms with Crippen molar-refractivity contribution in [3.8, 4) is 0 Å². The largest absolute Gasteiger partial charge is 0.444 e. The standard InChI is InChI=1S/C39H72N4O5/c1-27(11-14-34(46)42-23-9-21-40-19-7-8-20-41-22-10-24-43-36(47)48-37(2,3)4)30-12-13-31-35-32(16-18-39(30,31)6)38(5)17-15-29(44)25-28(38)26-33(35)45/h27-33,35,40-41,44-45H,7-26H2,1-6H3,(H,42,46)(H,43,47)/t27-,28+,29-,30-,31+,32+,33+,35+,38+,39-/m1/s1. The minimum atomic E-state index is -0.463. The molecule has 0 heterocycles. The van der Waals surface area contributed by atoms with E-state index in [2.05, 4.69) is 42.0 Å². The van der Waals surface area contributed by atoms with Crippen LogP contribution in [-0.2, 0) is 9.53 Å². The van der Waals surface area contributed by atoms with Crippen LogP contribution in [0.2, 0.25) is 0 Å². The molecule has 0 bridgehead atoms. The average Bonchev–Trinajstić information content (AvgIpc) is 3.37. The summed E-state index contributed by atoms with van der Waals surface area (Å²) in [7, 11) is 0. The van der Waals surface area contributed by atoms with Gasteiger partial charge in [0.15, 0.2) is 0 Å². The number of aliphatic hydroxyl groups excluding tert-OH is 2. The number of rotatable bonds is 17. The van der Waals surface area contributed by atoms with Crippen molar-refractivity contribution in [1.82, 2.24) is 21.3 Å². The molecule has 0 spiro atoms. The highest BCUT2D eigenvalue weighted by Gasteiger charge is 2.62. The van der Waals surface area contributed by atoms with Gasteiger partial charge in [-0.25, -0.2) is 4.79 Å². The van der Waals surface area contributed by atoms with Gasteiger partial charge in [0, 0.05) is 19.5 Å². The van der Waals surface area contributed by atoms with Crippen molar-refractivity contribution in [1.29, 1.82) is 0 Å². The van der Waals surface area contributed by atoms with E-state index in [1.165, 1.54) is 25.7 Å². The maximum absolute atomic E-state index is 12.7. The number of carbonyl (C=O) groups is 2. The number of amides is 2. The second kappa shape index (κ2) is 17.7. The highest BCUT2D eigenvalue weighted by Crippen LogP contribution is 2.68. The second-order valence-corrected chi connectivity index (χ2v) is 17.7. The summed E-state index contributed by atoms with van der Waals surface area (Å²) in [5.74, 6) is 3.35. The van der Waals surface area contributed by atoms with E-state index in [4.69, 9.17) is 4.74 Å². The van der Waals surface area contributed by atoms with E-state index >= 15 is 0 Å². The van der Waals surface area contributed by atoms with Gasteiger partial charge >= 0.3 is 6.09 Å². The lowest BCUT2D eigenvalue weighted by atomic mass is 9.43. The molecule has 278 valence electrons. The third-order valence-electron chi connectivity index (χ3n) is 13.3. The van der Waals surface area contributed by atoms with Crippen molar-refractivity contribution in [3.63, 3.8) is 0 Å². The monoisotopic (exact) mass is 677 g/mol. The summed E-state index contributed by atoms with van der Waals surface area (Å²) >= 11 is 0. The van der Waals surface area contributed by atoms with Gasteiger partial charge in [0.1, 0.15) is 5.60 Å². The fourth-order valence-corrected chi connectivity index (χ4v) is 10.7. The number of unbranched alkanes of at least 4 members (excludes halogenated alkanes) is 1. The Hall–Kier alpha value is -1.42. The van der Waals surface area contributed by atoms with Crippen LogP contribution < -0.4 is 21.3 Å². The van der Waals surface area contributed by atoms with E-state index in [9.17, 15) is 19.8 Å². The highest BCUT2D eigenvalue weighted by atomic mass is 16.6. The van der Waals surface area contributed by atoms with Crippen molar-refractivity contribution in [2.75, 3.05) is 39.3 Å². The SMILES string of the molecule is C[C@H](CCC(=O)NCCCNCCCCNCCCNC(=O)OC(C)(C)C)[C@H]1CC[C@H]2[C@@H]3[C@@H](O)C[C@@H]4C[C@H](O)CC[C@]4(C)[C@H]3CC[C@]12C. The first-order chi connectivity index (χ1) is 22.7. The molecular formula is C39H72N4O5. The molecule has 0 aromatic rings. The summed E-state index contributed by atoms with van der Waals surface area (Å²) < 4.78 is 5.23. The number of fused-ring (bicyclic) bond motifs is 5. The Morgan fingerprint density at radius 1 is 0.792 bits per heavy atom. The maximum atomic E-state index is 12.7. The zero-order valence-corrected chi connectivity index (χ0v) is 31.4. The third kappa shape index (κ3) is 10.3. The molecule has 9 nitrogen and oxygen atoms in total. The van der Waals surface area contributed by atoms with Gasteiger partial charge < -0.3 is 36.2 Å². The summed E-state index contributed by atoms with van der Waals surface area (Å²) in [6, 6.07) is 0. The van der Waals surface area contributed by atoms with Crippen molar-refractivity contribution < 1.29 is 24.5 Å². The topological polar surface area (TPSA) is 132 Å². The van der Waals surface area contributed by atoms with Gasteiger partial charge in [-0.2, -0.15) is 0 Å². The molecule has 0 aliphatic heterocycles. The summed E-state index contributed by atoms with van der Waals surface area (Å²) in [4.78, 5) is 24.4. The highest BCUT2D eigenvalue weighted by molar-refractivity contribution is 5.75. The Balaban J connectivity index is 1.03. The number of ether oxygens (including phenoxy) is 1. The lowest BCUT2D eigenvalue weighted by Gasteiger charge is -2.62. The van der Waals surface area contributed by atoms with Gasteiger partial charge in [0.2, 0.25) is 5.91 Å². The second-order valence-electron chi connectivity index (χ2n) is 17.7. The van der Waals surface area contributed by atoms with Gasteiger partial charge in [0.25, 0.3) is 0 Å². The molecule has 0 radical (unpaired) electrons. The van der Waals surface area contributed by atoms with Crippen LogP contribution in [0.3, 0.4) is 0 Å². The van der Waals surface area contributed by atoms with Crippen LogP contribution in [0.5, 0.6) is 0 Å². The first-order valence-corrected chi connectivity index (χ1v) is 19.8. The Kier molecular flexibility index (Phi) is 14.5. The van der Waals surface area contributed by atoms with E-state index in [-0.39, 0.29) is 35.0 Å². The van der Waals surface area contributed by atoms with Crippen molar-refractivity contribution >= 4 is 12.0 Å².